The predicted octanol–water partition coefficient (Wildman–Crippen LogP) is 3.24. The van der Waals surface area contributed by atoms with Crippen LogP contribution in [-0.4, -0.2) is 25.0 Å². The van der Waals surface area contributed by atoms with Gasteiger partial charge in [-0.3, -0.25) is 0 Å². The molecule has 0 heterocycles. The van der Waals surface area contributed by atoms with Crippen LogP contribution in [0.3, 0.4) is 0 Å². The first kappa shape index (κ1) is 15.8. The summed E-state index contributed by atoms with van der Waals surface area (Å²) in [6.07, 6.45) is 0. The van der Waals surface area contributed by atoms with E-state index in [1.807, 2.05) is 0 Å². The monoisotopic (exact) mass is 297 g/mol. The average molecular weight is 298 g/mol. The van der Waals surface area contributed by atoms with Gasteiger partial charge in [0, 0.05) is 0 Å². The third-order valence-corrected chi connectivity index (χ3v) is 12.9. The highest BCUT2D eigenvalue weighted by Crippen LogP contribution is 2.14. The maximum Gasteiger partial charge on any atom is 0.282 e. The quantitative estimate of drug-likeness (QED) is 0.843. The Labute approximate surface area is 115 Å². The van der Waals surface area contributed by atoms with Crippen molar-refractivity contribution < 1.29 is 4.12 Å². The molecule has 0 aliphatic carbocycles. The molecule has 5 heteroatoms. The van der Waals surface area contributed by atoms with Crippen LogP contribution < -0.4 is 9.83 Å². The first-order valence-electron chi connectivity index (χ1n) is 6.57. The summed E-state index contributed by atoms with van der Waals surface area (Å²) in [6.45, 7) is 16.1. The Morgan fingerprint density at radius 1 is 0.833 bits per heavy atom. The molecule has 0 aliphatic heterocycles. The Kier molecular flexibility index (Phi) is 4.77. The minimum absolute atomic E-state index is 1.36. The fourth-order valence-corrected chi connectivity index (χ4v) is 15.4. The minimum atomic E-state index is -2.02. The summed E-state index contributed by atoms with van der Waals surface area (Å²) in [6, 6.07) is 10.7. The number of hydrogen-bond acceptors (Lipinski definition) is 2. The van der Waals surface area contributed by atoms with Gasteiger partial charge in [0.05, 0.1) is 0 Å². The highest BCUT2D eigenvalue weighted by molar-refractivity contribution is 6.98. The van der Waals surface area contributed by atoms with Gasteiger partial charge in [0.2, 0.25) is 0 Å². The van der Waals surface area contributed by atoms with Gasteiger partial charge in [0.1, 0.15) is 8.24 Å². The molecule has 1 rings (SSSR count). The zero-order valence-corrected chi connectivity index (χ0v) is 15.8. The lowest BCUT2D eigenvalue weighted by molar-refractivity contribution is 0.551. The van der Waals surface area contributed by atoms with Gasteiger partial charge in [0.15, 0.2) is 8.32 Å². The summed E-state index contributed by atoms with van der Waals surface area (Å²) in [5.41, 5.74) is 0. The van der Waals surface area contributed by atoms with E-state index < -0.39 is 25.0 Å². The molecule has 1 N–H and O–H groups in total. The maximum atomic E-state index is 6.59. The highest BCUT2D eigenvalue weighted by Gasteiger charge is 2.39. The lowest BCUT2D eigenvalue weighted by Crippen LogP contribution is -2.70. The van der Waals surface area contributed by atoms with E-state index in [1.165, 1.54) is 5.19 Å². The van der Waals surface area contributed by atoms with Crippen molar-refractivity contribution in [2.24, 2.45) is 0 Å². The van der Waals surface area contributed by atoms with Crippen molar-refractivity contribution in [1.29, 1.82) is 0 Å². The van der Waals surface area contributed by atoms with Gasteiger partial charge in [-0.15, -0.1) is 0 Å². The highest BCUT2D eigenvalue weighted by atomic mass is 28.5. The molecule has 0 aromatic heterocycles. The van der Waals surface area contributed by atoms with Gasteiger partial charge in [-0.1, -0.05) is 50.0 Å². The maximum absolute atomic E-state index is 6.59. The van der Waals surface area contributed by atoms with E-state index in [1.54, 1.807) is 0 Å². The zero-order valence-electron chi connectivity index (χ0n) is 12.8. The first-order chi connectivity index (χ1) is 8.02. The van der Waals surface area contributed by atoms with Gasteiger partial charge in [-0.25, -0.2) is 0 Å². The fraction of sp³-hybridized carbons (Fsp3) is 0.538. The molecule has 0 saturated heterocycles. The molecule has 0 amide bonds. The van der Waals surface area contributed by atoms with E-state index in [0.717, 1.165) is 0 Å². The molecule has 1 unspecified atom stereocenters. The molecule has 0 fully saturated rings. The van der Waals surface area contributed by atoms with Crippen molar-refractivity contribution >= 4 is 30.2 Å². The molecule has 1 aromatic carbocycles. The van der Waals surface area contributed by atoms with Crippen LogP contribution in [0.4, 0.5) is 0 Å². The average Bonchev–Trinajstić information content (AvgIpc) is 2.13. The Balaban J connectivity index is 3.09. The molecular weight excluding hydrogens is 270 g/mol. The topological polar surface area (TPSA) is 21.3 Å². The SMILES string of the molecule is C[Si](C)(C)N[Si](C)(O[Si](C)(C)C)c1ccccc1. The summed E-state index contributed by atoms with van der Waals surface area (Å²) in [5.74, 6) is 0. The second-order valence-electron chi connectivity index (χ2n) is 6.99. The molecule has 0 bridgehead atoms. The molecular formula is C13H27NOSi3. The zero-order chi connectivity index (χ0) is 14.0. The first-order valence-corrected chi connectivity index (χ1v) is 15.9. The second-order valence-corrected chi connectivity index (χ2v) is 20.2. The van der Waals surface area contributed by atoms with Gasteiger partial charge in [0.25, 0.3) is 8.48 Å². The van der Waals surface area contributed by atoms with Crippen LogP contribution in [0.25, 0.3) is 0 Å². The van der Waals surface area contributed by atoms with Crippen LogP contribution in [-0.2, 0) is 4.12 Å². The van der Waals surface area contributed by atoms with E-state index in [4.69, 9.17) is 4.12 Å². The molecule has 0 radical (unpaired) electrons. The standard InChI is InChI=1S/C13H27NOSi3/c1-16(2,3)14-18(7,15-17(4,5)6)13-11-9-8-10-12-13/h8-12,14H,1-7H3. The summed E-state index contributed by atoms with van der Waals surface area (Å²) in [5, 5.41) is 1.36. The summed E-state index contributed by atoms with van der Waals surface area (Å²) in [7, 11) is -4.94. The van der Waals surface area contributed by atoms with Gasteiger partial charge >= 0.3 is 0 Å². The van der Waals surface area contributed by atoms with Crippen LogP contribution in [0, 0.1) is 0 Å². The summed E-state index contributed by atoms with van der Waals surface area (Å²) >= 11 is 0. The van der Waals surface area contributed by atoms with Crippen LogP contribution in [0.15, 0.2) is 30.3 Å². The van der Waals surface area contributed by atoms with Crippen LogP contribution in [0.2, 0.25) is 45.8 Å². The Bertz CT molecular complexity index is 365. The summed E-state index contributed by atoms with van der Waals surface area (Å²) < 4.78 is 10.5. The molecule has 0 spiro atoms. The normalized spacial score (nSPS) is 16.4. The van der Waals surface area contributed by atoms with Crippen molar-refractivity contribution in [3.05, 3.63) is 30.3 Å². The minimum Gasteiger partial charge on any atom is -0.442 e. The molecule has 0 aliphatic rings. The van der Waals surface area contributed by atoms with Crippen molar-refractivity contribution in [3.8, 4) is 0 Å². The van der Waals surface area contributed by atoms with Crippen molar-refractivity contribution in [2.45, 2.75) is 45.8 Å². The lowest BCUT2D eigenvalue weighted by Gasteiger charge is -2.39. The van der Waals surface area contributed by atoms with E-state index in [-0.39, 0.29) is 0 Å². The van der Waals surface area contributed by atoms with Crippen molar-refractivity contribution in [3.63, 3.8) is 0 Å². The van der Waals surface area contributed by atoms with E-state index >= 15 is 0 Å². The molecule has 102 valence electrons. The Hall–Kier alpha value is -0.209. The number of nitrogens with one attached hydrogen (secondary N) is 1. The van der Waals surface area contributed by atoms with Crippen LogP contribution >= 0.6 is 0 Å². The van der Waals surface area contributed by atoms with Crippen LogP contribution in [0.5, 0.6) is 0 Å². The number of rotatable bonds is 5. The van der Waals surface area contributed by atoms with Gasteiger partial charge in [-0.2, -0.15) is 0 Å². The Morgan fingerprint density at radius 2 is 1.33 bits per heavy atom. The lowest BCUT2D eigenvalue weighted by atomic mass is 10.4. The number of hydrogen-bond donors (Lipinski definition) is 1. The Morgan fingerprint density at radius 3 is 1.72 bits per heavy atom. The molecule has 1 aromatic rings. The van der Waals surface area contributed by atoms with Crippen LogP contribution in [0.1, 0.15) is 0 Å². The molecule has 18 heavy (non-hydrogen) atoms. The van der Waals surface area contributed by atoms with E-state index in [0.29, 0.717) is 0 Å². The summed E-state index contributed by atoms with van der Waals surface area (Å²) in [4.78, 5) is 0. The van der Waals surface area contributed by atoms with Gasteiger partial charge in [-0.05, 0) is 31.4 Å². The second kappa shape index (κ2) is 5.42. The van der Waals surface area contributed by atoms with E-state index in [9.17, 15) is 0 Å². The van der Waals surface area contributed by atoms with Crippen molar-refractivity contribution in [2.75, 3.05) is 0 Å². The molecule has 0 saturated carbocycles. The van der Waals surface area contributed by atoms with Crippen molar-refractivity contribution in [1.82, 2.24) is 4.65 Å². The third kappa shape index (κ3) is 5.19. The fourth-order valence-electron chi connectivity index (χ4n) is 2.24. The predicted molar refractivity (Wildman–Crippen MR) is 88.6 cm³/mol. The third-order valence-electron chi connectivity index (χ3n) is 2.45. The number of benzene rings is 1. The van der Waals surface area contributed by atoms with Gasteiger partial charge < -0.3 is 8.76 Å². The smallest absolute Gasteiger partial charge is 0.282 e. The molecule has 1 atom stereocenters. The largest absolute Gasteiger partial charge is 0.442 e. The molecule has 2 nitrogen and oxygen atoms in total. The van der Waals surface area contributed by atoms with E-state index in [2.05, 4.69) is 80.8 Å².